The molecule has 1 N–H and O–H groups in total. The zero-order valence-electron chi connectivity index (χ0n) is 16.2. The Labute approximate surface area is 166 Å². The summed E-state index contributed by atoms with van der Waals surface area (Å²) < 4.78 is 0. The van der Waals surface area contributed by atoms with Crippen molar-refractivity contribution in [1.82, 2.24) is 14.9 Å². The Morgan fingerprint density at radius 3 is 2.76 bits per heavy atom. The molecule has 1 amide bonds. The minimum Gasteiger partial charge on any atom is -0.353 e. The van der Waals surface area contributed by atoms with E-state index in [1.54, 1.807) is 12.1 Å². The zero-order valence-corrected chi connectivity index (χ0v) is 16.2. The van der Waals surface area contributed by atoms with E-state index in [-0.39, 0.29) is 17.3 Å². The van der Waals surface area contributed by atoms with Crippen LogP contribution in [0.25, 0.3) is 21.8 Å². The SMILES string of the molecule is CCN(C(=O)c1cnc2c(ccc3c(=O)c([N+](=O)[O-])c[nH]c32)c1)C1CCCCC1. The summed E-state index contributed by atoms with van der Waals surface area (Å²) >= 11 is 0. The molecule has 8 nitrogen and oxygen atoms in total. The molecule has 1 aliphatic carbocycles. The van der Waals surface area contributed by atoms with E-state index in [4.69, 9.17) is 0 Å². The van der Waals surface area contributed by atoms with Crippen LogP contribution in [0.2, 0.25) is 0 Å². The maximum atomic E-state index is 13.1. The number of aromatic nitrogens is 2. The summed E-state index contributed by atoms with van der Waals surface area (Å²) in [5.74, 6) is -0.0360. The second-order valence-corrected chi connectivity index (χ2v) is 7.43. The van der Waals surface area contributed by atoms with Gasteiger partial charge in [0.15, 0.2) is 0 Å². The van der Waals surface area contributed by atoms with Crippen molar-refractivity contribution in [3.8, 4) is 0 Å². The van der Waals surface area contributed by atoms with Crippen molar-refractivity contribution >= 4 is 33.4 Å². The Kier molecular flexibility index (Phi) is 5.00. The number of pyridine rings is 2. The number of rotatable bonds is 4. The maximum absolute atomic E-state index is 13.1. The van der Waals surface area contributed by atoms with Gasteiger partial charge in [-0.2, -0.15) is 0 Å². The van der Waals surface area contributed by atoms with E-state index in [1.807, 2.05) is 11.8 Å². The Balaban J connectivity index is 1.75. The molecule has 1 aromatic carbocycles. The van der Waals surface area contributed by atoms with Crippen LogP contribution in [0.15, 0.2) is 35.4 Å². The fraction of sp³-hybridized carbons (Fsp3) is 0.381. The van der Waals surface area contributed by atoms with Crippen LogP contribution in [0.4, 0.5) is 5.69 Å². The monoisotopic (exact) mass is 394 g/mol. The number of hydrogen-bond donors (Lipinski definition) is 1. The molecular formula is C21H22N4O4. The lowest BCUT2D eigenvalue weighted by Gasteiger charge is -2.33. The van der Waals surface area contributed by atoms with Gasteiger partial charge in [-0.15, -0.1) is 0 Å². The van der Waals surface area contributed by atoms with Crippen molar-refractivity contribution in [2.24, 2.45) is 0 Å². The number of H-pyrrole nitrogens is 1. The molecule has 2 heterocycles. The van der Waals surface area contributed by atoms with Crippen LogP contribution in [-0.4, -0.2) is 38.3 Å². The van der Waals surface area contributed by atoms with Crippen LogP contribution in [0.1, 0.15) is 49.4 Å². The predicted octanol–water partition coefficient (Wildman–Crippen LogP) is 3.78. The largest absolute Gasteiger partial charge is 0.353 e. The molecule has 1 fully saturated rings. The minimum atomic E-state index is -0.706. The van der Waals surface area contributed by atoms with Crippen molar-refractivity contribution in [3.63, 3.8) is 0 Å². The first-order chi connectivity index (χ1) is 14.0. The van der Waals surface area contributed by atoms with Gasteiger partial charge in [0.05, 0.1) is 33.1 Å². The lowest BCUT2D eigenvalue weighted by atomic mass is 9.93. The number of carbonyl (C=O) groups excluding carboxylic acids is 1. The van der Waals surface area contributed by atoms with Crippen LogP contribution >= 0.6 is 0 Å². The third kappa shape index (κ3) is 3.35. The summed E-state index contributed by atoms with van der Waals surface area (Å²) in [4.78, 5) is 44.9. The molecule has 0 atom stereocenters. The van der Waals surface area contributed by atoms with Crippen molar-refractivity contribution in [3.05, 3.63) is 56.5 Å². The van der Waals surface area contributed by atoms with E-state index in [2.05, 4.69) is 9.97 Å². The summed E-state index contributed by atoms with van der Waals surface area (Å²) in [6.07, 6.45) is 8.20. The van der Waals surface area contributed by atoms with Gasteiger partial charge in [0.25, 0.3) is 11.3 Å². The van der Waals surface area contributed by atoms with E-state index in [0.29, 0.717) is 28.5 Å². The Morgan fingerprint density at radius 2 is 2.07 bits per heavy atom. The topological polar surface area (TPSA) is 109 Å². The Morgan fingerprint density at radius 1 is 1.31 bits per heavy atom. The number of nitrogens with zero attached hydrogens (tertiary/aromatic N) is 3. The fourth-order valence-corrected chi connectivity index (χ4v) is 4.26. The Hall–Kier alpha value is -3.29. The van der Waals surface area contributed by atoms with Gasteiger partial charge in [-0.05, 0) is 31.9 Å². The van der Waals surface area contributed by atoms with Crippen molar-refractivity contribution in [2.75, 3.05) is 6.54 Å². The average molecular weight is 394 g/mol. The van der Waals surface area contributed by atoms with Crippen LogP contribution in [0.3, 0.4) is 0 Å². The fourth-order valence-electron chi connectivity index (χ4n) is 4.26. The van der Waals surface area contributed by atoms with Crippen molar-refractivity contribution in [1.29, 1.82) is 0 Å². The highest BCUT2D eigenvalue weighted by molar-refractivity contribution is 6.05. The van der Waals surface area contributed by atoms with Gasteiger partial charge in [-0.25, -0.2) is 0 Å². The predicted molar refractivity (Wildman–Crippen MR) is 110 cm³/mol. The van der Waals surface area contributed by atoms with Gasteiger partial charge in [0, 0.05) is 24.2 Å². The molecule has 4 rings (SSSR count). The smallest absolute Gasteiger partial charge is 0.332 e. The first-order valence-electron chi connectivity index (χ1n) is 9.90. The highest BCUT2D eigenvalue weighted by Crippen LogP contribution is 2.26. The highest BCUT2D eigenvalue weighted by Gasteiger charge is 2.25. The third-order valence-electron chi connectivity index (χ3n) is 5.74. The van der Waals surface area contributed by atoms with Crippen LogP contribution in [0.5, 0.6) is 0 Å². The number of nitrogens with one attached hydrogen (secondary N) is 1. The Bertz CT molecular complexity index is 1160. The molecule has 29 heavy (non-hydrogen) atoms. The number of aromatic amines is 1. The summed E-state index contributed by atoms with van der Waals surface area (Å²) in [5.41, 5.74) is 0.286. The molecule has 1 aliphatic rings. The van der Waals surface area contributed by atoms with E-state index < -0.39 is 16.0 Å². The third-order valence-corrected chi connectivity index (χ3v) is 5.74. The second kappa shape index (κ2) is 7.62. The first kappa shape index (κ1) is 19.0. The van der Waals surface area contributed by atoms with Crippen molar-refractivity contribution in [2.45, 2.75) is 45.1 Å². The lowest BCUT2D eigenvalue weighted by Crippen LogP contribution is -2.41. The zero-order chi connectivity index (χ0) is 20.5. The molecule has 0 spiro atoms. The average Bonchev–Trinajstić information content (AvgIpc) is 2.74. The number of nitro groups is 1. The molecule has 8 heteroatoms. The minimum absolute atomic E-state index is 0.0360. The molecule has 0 aliphatic heterocycles. The molecule has 0 bridgehead atoms. The van der Waals surface area contributed by atoms with Gasteiger partial charge in [0.2, 0.25) is 0 Å². The molecule has 150 valence electrons. The molecule has 0 unspecified atom stereocenters. The molecule has 0 saturated heterocycles. The van der Waals surface area contributed by atoms with Crippen LogP contribution in [0, 0.1) is 10.1 Å². The highest BCUT2D eigenvalue weighted by atomic mass is 16.6. The summed E-state index contributed by atoms with van der Waals surface area (Å²) in [5, 5.41) is 11.9. The number of carbonyl (C=O) groups is 1. The number of hydrogen-bond acceptors (Lipinski definition) is 5. The normalized spacial score (nSPS) is 14.9. The van der Waals surface area contributed by atoms with Gasteiger partial charge in [0.1, 0.15) is 0 Å². The van der Waals surface area contributed by atoms with E-state index >= 15 is 0 Å². The maximum Gasteiger partial charge on any atom is 0.332 e. The molecule has 0 radical (unpaired) electrons. The van der Waals surface area contributed by atoms with Gasteiger partial charge in [-0.3, -0.25) is 24.7 Å². The molecule has 3 aromatic rings. The summed E-state index contributed by atoms with van der Waals surface area (Å²) in [6, 6.07) is 5.26. The molecule has 1 saturated carbocycles. The number of amides is 1. The number of fused-ring (bicyclic) bond motifs is 3. The quantitative estimate of drug-likeness (QED) is 0.411. The van der Waals surface area contributed by atoms with E-state index in [0.717, 1.165) is 31.9 Å². The first-order valence-corrected chi connectivity index (χ1v) is 9.90. The van der Waals surface area contributed by atoms with Gasteiger partial charge in [-0.1, -0.05) is 25.3 Å². The van der Waals surface area contributed by atoms with Crippen LogP contribution in [-0.2, 0) is 0 Å². The second-order valence-electron chi connectivity index (χ2n) is 7.43. The molecule has 2 aromatic heterocycles. The number of benzene rings is 1. The molecular weight excluding hydrogens is 372 g/mol. The summed E-state index contributed by atoms with van der Waals surface area (Å²) in [7, 11) is 0. The van der Waals surface area contributed by atoms with E-state index in [9.17, 15) is 19.7 Å². The van der Waals surface area contributed by atoms with E-state index in [1.165, 1.54) is 18.7 Å². The lowest BCUT2D eigenvalue weighted by molar-refractivity contribution is -0.386. The van der Waals surface area contributed by atoms with Gasteiger partial charge < -0.3 is 9.88 Å². The summed E-state index contributed by atoms with van der Waals surface area (Å²) in [6.45, 7) is 2.64. The van der Waals surface area contributed by atoms with Crippen molar-refractivity contribution < 1.29 is 9.72 Å². The van der Waals surface area contributed by atoms with Gasteiger partial charge >= 0.3 is 5.69 Å². The van der Waals surface area contributed by atoms with Crippen LogP contribution < -0.4 is 5.43 Å². The standard InChI is InChI=1S/C21H22N4O4/c1-2-24(15-6-4-3-5-7-15)21(27)14-10-13-8-9-16-19(18(13)22-11-14)23-12-17(20(16)26)25(28)29/h8-12,15H,2-7H2,1H3,(H,23,26).